The summed E-state index contributed by atoms with van der Waals surface area (Å²) in [6.45, 7) is 0. The number of anilines is 3. The van der Waals surface area contributed by atoms with E-state index < -0.39 is 11.6 Å². The van der Waals surface area contributed by atoms with Gasteiger partial charge in [-0.15, -0.1) is 0 Å². The van der Waals surface area contributed by atoms with Gasteiger partial charge in [-0.05, 0) is 22.0 Å². The summed E-state index contributed by atoms with van der Waals surface area (Å²) in [5.74, 6) is -1.12. The van der Waals surface area contributed by atoms with Gasteiger partial charge in [-0.2, -0.15) is 0 Å². The molecule has 2 aromatic rings. The molecule has 7 heteroatoms. The number of nitrogens with one attached hydrogen (secondary N) is 1. The fraction of sp³-hybridized carbons (Fsp3) is 0. The fourth-order valence-electron chi connectivity index (χ4n) is 1.08. The third kappa shape index (κ3) is 2.30. The van der Waals surface area contributed by atoms with Crippen molar-refractivity contribution in [1.29, 1.82) is 0 Å². The van der Waals surface area contributed by atoms with Crippen LogP contribution >= 0.6 is 27.3 Å². The maximum atomic E-state index is 13.4. The van der Waals surface area contributed by atoms with Crippen LogP contribution in [-0.4, -0.2) is 4.98 Å². The Morgan fingerprint density at radius 1 is 1.31 bits per heavy atom. The van der Waals surface area contributed by atoms with Crippen LogP contribution in [0.1, 0.15) is 0 Å². The molecule has 3 N–H and O–H groups in total. The Hall–Kier alpha value is -1.21. The van der Waals surface area contributed by atoms with Crippen molar-refractivity contribution < 1.29 is 8.78 Å². The molecule has 3 nitrogen and oxygen atoms in total. The quantitative estimate of drug-likeness (QED) is 0.835. The minimum absolute atomic E-state index is 0.0232. The summed E-state index contributed by atoms with van der Waals surface area (Å²) in [7, 11) is 0. The van der Waals surface area contributed by atoms with Gasteiger partial charge < -0.3 is 11.1 Å². The lowest BCUT2D eigenvalue weighted by atomic mass is 10.3. The number of hydrogen-bond donors (Lipinski definition) is 2. The number of halogens is 3. The van der Waals surface area contributed by atoms with Crippen molar-refractivity contribution in [2.24, 2.45) is 0 Å². The summed E-state index contributed by atoms with van der Waals surface area (Å²) in [5.41, 5.74) is 5.49. The van der Waals surface area contributed by atoms with Gasteiger partial charge in [0.1, 0.15) is 16.6 Å². The van der Waals surface area contributed by atoms with Crippen molar-refractivity contribution in [3.8, 4) is 0 Å². The molecule has 1 heterocycles. The lowest BCUT2D eigenvalue weighted by Crippen LogP contribution is -1.94. The molecule has 0 aliphatic rings. The zero-order valence-electron chi connectivity index (χ0n) is 7.80. The molecule has 0 amide bonds. The van der Waals surface area contributed by atoms with Crippen LogP contribution < -0.4 is 11.1 Å². The smallest absolute Gasteiger partial charge is 0.189 e. The molecule has 0 atom stereocenters. The molecule has 1 aromatic heterocycles. The summed E-state index contributed by atoms with van der Waals surface area (Å²) in [6.07, 6.45) is 1.44. The molecule has 0 saturated heterocycles. The van der Waals surface area contributed by atoms with Crippen LogP contribution in [0.4, 0.5) is 24.6 Å². The van der Waals surface area contributed by atoms with E-state index in [1.54, 1.807) is 0 Å². The number of nitrogen functional groups attached to an aromatic ring is 1. The van der Waals surface area contributed by atoms with E-state index in [9.17, 15) is 8.78 Å². The first-order valence-corrected chi connectivity index (χ1v) is 5.80. The van der Waals surface area contributed by atoms with Crippen molar-refractivity contribution in [1.82, 2.24) is 4.98 Å². The van der Waals surface area contributed by atoms with Crippen LogP contribution in [0.5, 0.6) is 0 Å². The van der Waals surface area contributed by atoms with Crippen LogP contribution in [0, 0.1) is 11.6 Å². The predicted octanol–water partition coefficient (Wildman–Crippen LogP) is 3.51. The van der Waals surface area contributed by atoms with Gasteiger partial charge in [-0.3, -0.25) is 0 Å². The maximum Gasteiger partial charge on any atom is 0.189 e. The lowest BCUT2D eigenvalue weighted by molar-refractivity contribution is 0.598. The Labute approximate surface area is 102 Å². The van der Waals surface area contributed by atoms with Gasteiger partial charge in [0, 0.05) is 6.07 Å². The molecule has 2 rings (SSSR count). The summed E-state index contributed by atoms with van der Waals surface area (Å²) >= 11 is 4.05. The predicted molar refractivity (Wildman–Crippen MR) is 63.9 cm³/mol. The van der Waals surface area contributed by atoms with Gasteiger partial charge in [-0.25, -0.2) is 13.8 Å². The SMILES string of the molecule is Nc1cnc(Nc2cc(F)c(Br)cc2F)s1. The maximum absolute atomic E-state index is 13.4. The van der Waals surface area contributed by atoms with E-state index in [1.807, 2.05) is 0 Å². The molecule has 84 valence electrons. The molecule has 0 spiro atoms. The van der Waals surface area contributed by atoms with Crippen LogP contribution in [0.15, 0.2) is 22.8 Å². The zero-order chi connectivity index (χ0) is 11.7. The minimum atomic E-state index is -0.568. The van der Waals surface area contributed by atoms with Gasteiger partial charge in [0.25, 0.3) is 0 Å². The van der Waals surface area contributed by atoms with E-state index in [2.05, 4.69) is 26.2 Å². The van der Waals surface area contributed by atoms with Crippen molar-refractivity contribution in [2.45, 2.75) is 0 Å². The molecule has 0 bridgehead atoms. The van der Waals surface area contributed by atoms with E-state index in [0.717, 1.165) is 23.5 Å². The second-order valence-electron chi connectivity index (χ2n) is 2.94. The Morgan fingerprint density at radius 2 is 2.06 bits per heavy atom. The molecule has 0 aliphatic heterocycles. The summed E-state index contributed by atoms with van der Waals surface area (Å²) < 4.78 is 26.7. The van der Waals surface area contributed by atoms with Crippen LogP contribution in [0.3, 0.4) is 0 Å². The number of thiazole rings is 1. The van der Waals surface area contributed by atoms with Crippen LogP contribution in [-0.2, 0) is 0 Å². The Bertz CT molecular complexity index is 529. The second-order valence-corrected chi connectivity index (χ2v) is 4.86. The number of nitrogens with zero attached hydrogens (tertiary/aromatic N) is 1. The Kier molecular flexibility index (Phi) is 3.06. The second kappa shape index (κ2) is 4.34. The standard InChI is InChI=1S/C9H6BrF2N3S/c10-4-1-6(12)7(2-5(4)11)15-9-14-3-8(13)16-9/h1-3H,13H2,(H,14,15). The highest BCUT2D eigenvalue weighted by Crippen LogP contribution is 2.28. The highest BCUT2D eigenvalue weighted by molar-refractivity contribution is 9.10. The third-order valence-corrected chi connectivity index (χ3v) is 3.12. The first-order valence-electron chi connectivity index (χ1n) is 4.19. The van der Waals surface area contributed by atoms with Gasteiger partial charge in [0.15, 0.2) is 5.13 Å². The largest absolute Gasteiger partial charge is 0.389 e. The molecule has 0 aliphatic carbocycles. The van der Waals surface area contributed by atoms with E-state index >= 15 is 0 Å². The summed E-state index contributed by atoms with van der Waals surface area (Å²) in [4.78, 5) is 3.89. The summed E-state index contributed by atoms with van der Waals surface area (Å²) in [6, 6.07) is 2.10. The molecule has 16 heavy (non-hydrogen) atoms. The monoisotopic (exact) mass is 305 g/mol. The first-order chi connectivity index (χ1) is 7.56. The number of aromatic nitrogens is 1. The highest BCUT2D eigenvalue weighted by atomic mass is 79.9. The Morgan fingerprint density at radius 3 is 2.69 bits per heavy atom. The van der Waals surface area contributed by atoms with E-state index in [4.69, 9.17) is 5.73 Å². The summed E-state index contributed by atoms with van der Waals surface area (Å²) in [5, 5.41) is 3.57. The van der Waals surface area contributed by atoms with Crippen molar-refractivity contribution in [2.75, 3.05) is 11.1 Å². The number of hydrogen-bond acceptors (Lipinski definition) is 4. The number of benzene rings is 1. The molecular formula is C9H6BrF2N3S. The van der Waals surface area contributed by atoms with Crippen LogP contribution in [0.2, 0.25) is 0 Å². The minimum Gasteiger partial charge on any atom is -0.389 e. The fourth-order valence-corrected chi connectivity index (χ4v) is 1.99. The molecule has 0 saturated carbocycles. The lowest BCUT2D eigenvalue weighted by Gasteiger charge is -2.05. The first kappa shape index (κ1) is 11.3. The van der Waals surface area contributed by atoms with Gasteiger partial charge in [0.05, 0.1) is 16.4 Å². The molecule has 0 fully saturated rings. The van der Waals surface area contributed by atoms with E-state index in [1.165, 1.54) is 6.20 Å². The third-order valence-electron chi connectivity index (χ3n) is 1.78. The normalized spacial score (nSPS) is 10.4. The van der Waals surface area contributed by atoms with E-state index in [-0.39, 0.29) is 10.2 Å². The van der Waals surface area contributed by atoms with Crippen LogP contribution in [0.25, 0.3) is 0 Å². The van der Waals surface area contributed by atoms with Gasteiger partial charge >= 0.3 is 0 Å². The molecule has 0 radical (unpaired) electrons. The molecule has 0 unspecified atom stereocenters. The van der Waals surface area contributed by atoms with Crippen molar-refractivity contribution in [3.05, 3.63) is 34.4 Å². The van der Waals surface area contributed by atoms with Gasteiger partial charge in [0.2, 0.25) is 0 Å². The van der Waals surface area contributed by atoms with Gasteiger partial charge in [-0.1, -0.05) is 11.3 Å². The number of rotatable bonds is 2. The Balaban J connectivity index is 2.31. The topological polar surface area (TPSA) is 50.9 Å². The van der Waals surface area contributed by atoms with E-state index in [0.29, 0.717) is 10.1 Å². The van der Waals surface area contributed by atoms with Crippen molar-refractivity contribution >= 4 is 43.1 Å². The van der Waals surface area contributed by atoms with Crippen molar-refractivity contribution in [3.63, 3.8) is 0 Å². The molecular weight excluding hydrogens is 300 g/mol. The highest BCUT2D eigenvalue weighted by Gasteiger charge is 2.09. The molecule has 1 aromatic carbocycles. The average Bonchev–Trinajstić information content (AvgIpc) is 2.60. The number of nitrogens with two attached hydrogens (primary N) is 1. The zero-order valence-corrected chi connectivity index (χ0v) is 10.2. The average molecular weight is 306 g/mol.